The molecule has 0 heterocycles. The van der Waals surface area contributed by atoms with Crippen molar-refractivity contribution in [2.75, 3.05) is 18.7 Å². The molecule has 0 atom stereocenters. The van der Waals surface area contributed by atoms with Gasteiger partial charge in [0.25, 0.3) is 0 Å². The van der Waals surface area contributed by atoms with Gasteiger partial charge in [-0.05, 0) is 63.5 Å². The van der Waals surface area contributed by atoms with Crippen LogP contribution in [0.25, 0.3) is 0 Å². The van der Waals surface area contributed by atoms with Gasteiger partial charge in [0.2, 0.25) is 0 Å². The molecule has 33 heavy (non-hydrogen) atoms. The van der Waals surface area contributed by atoms with Crippen molar-refractivity contribution in [3.05, 3.63) is 44.9 Å². The standard InChI is InChI=1S/C22H28BrF3NO5P/c1-6-14-18(22(24,25)26)21(19(23)15(7-2)20(14)27-11-33(28,29)30)32-16-9-8-13(12(3)4)10-17(16)31-5/h8-10,12,27H,6-7,11H2,1-5H3,(H2,28,29,30). The largest absolute Gasteiger partial charge is 0.493 e. The summed E-state index contributed by atoms with van der Waals surface area (Å²) in [7, 11) is -3.10. The van der Waals surface area contributed by atoms with Crippen molar-refractivity contribution in [1.82, 2.24) is 0 Å². The number of rotatable bonds is 9. The maximum Gasteiger partial charge on any atom is 0.420 e. The Morgan fingerprint density at radius 1 is 1.12 bits per heavy atom. The number of alkyl halides is 3. The second-order valence-electron chi connectivity index (χ2n) is 7.72. The molecule has 2 aromatic rings. The van der Waals surface area contributed by atoms with Gasteiger partial charge < -0.3 is 24.6 Å². The second kappa shape index (κ2) is 10.7. The highest BCUT2D eigenvalue weighted by molar-refractivity contribution is 9.10. The summed E-state index contributed by atoms with van der Waals surface area (Å²) < 4.78 is 65.6. The van der Waals surface area contributed by atoms with Gasteiger partial charge in [-0.2, -0.15) is 13.2 Å². The van der Waals surface area contributed by atoms with Crippen molar-refractivity contribution >= 4 is 29.2 Å². The molecule has 0 unspecified atom stereocenters. The van der Waals surface area contributed by atoms with Crippen molar-refractivity contribution in [3.8, 4) is 17.2 Å². The number of anilines is 1. The summed E-state index contributed by atoms with van der Waals surface area (Å²) in [6.45, 7) is 7.25. The van der Waals surface area contributed by atoms with E-state index in [4.69, 9.17) is 9.47 Å². The summed E-state index contributed by atoms with van der Waals surface area (Å²) in [5.41, 5.74) is 0.244. The van der Waals surface area contributed by atoms with Crippen LogP contribution in [-0.2, 0) is 23.6 Å². The molecule has 3 N–H and O–H groups in total. The van der Waals surface area contributed by atoms with Gasteiger partial charge in [0, 0.05) is 5.69 Å². The van der Waals surface area contributed by atoms with Gasteiger partial charge in [0.1, 0.15) is 11.8 Å². The third-order valence-electron chi connectivity index (χ3n) is 5.12. The molecule has 184 valence electrons. The zero-order valence-corrected chi connectivity index (χ0v) is 21.5. The third-order valence-corrected chi connectivity index (χ3v) is 6.52. The number of methoxy groups -OCH3 is 1. The number of nitrogens with one attached hydrogen (secondary N) is 1. The molecule has 0 amide bonds. The van der Waals surface area contributed by atoms with Crippen molar-refractivity contribution in [1.29, 1.82) is 0 Å². The Labute approximate surface area is 199 Å². The van der Waals surface area contributed by atoms with Crippen LogP contribution in [0.4, 0.5) is 18.9 Å². The molecule has 0 fully saturated rings. The normalized spacial score (nSPS) is 12.2. The number of halogens is 4. The molecule has 2 rings (SSSR count). The molecule has 0 saturated heterocycles. The fourth-order valence-electron chi connectivity index (χ4n) is 3.51. The van der Waals surface area contributed by atoms with Crippen LogP contribution < -0.4 is 14.8 Å². The van der Waals surface area contributed by atoms with E-state index in [1.54, 1.807) is 32.0 Å². The molecule has 0 aliphatic rings. The molecule has 0 aliphatic heterocycles. The monoisotopic (exact) mass is 553 g/mol. The quantitative estimate of drug-likeness (QED) is 0.288. The SMILES string of the molecule is CCc1c(Br)c(Oc2ccc(C(C)C)cc2OC)c(C(F)(F)F)c(CC)c1NCP(=O)(O)O. The minimum absolute atomic E-state index is 0.0389. The van der Waals surface area contributed by atoms with Gasteiger partial charge in [0.15, 0.2) is 17.2 Å². The Bertz CT molecular complexity index is 1050. The first kappa shape index (κ1) is 27.5. The van der Waals surface area contributed by atoms with Gasteiger partial charge in [-0.1, -0.05) is 33.8 Å². The molecule has 11 heteroatoms. The average Bonchev–Trinajstić information content (AvgIpc) is 2.71. The third kappa shape index (κ3) is 6.44. The van der Waals surface area contributed by atoms with Crippen LogP contribution in [0, 0.1) is 0 Å². The first-order valence-corrected chi connectivity index (χ1v) is 12.9. The smallest absolute Gasteiger partial charge is 0.420 e. The average molecular weight is 554 g/mol. The van der Waals surface area contributed by atoms with Crippen LogP contribution in [0.15, 0.2) is 22.7 Å². The molecular weight excluding hydrogens is 526 g/mol. The minimum atomic E-state index is -4.79. The molecule has 0 spiro atoms. The lowest BCUT2D eigenvalue weighted by atomic mass is 9.95. The summed E-state index contributed by atoms with van der Waals surface area (Å²) in [5, 5.41) is 2.54. The first-order chi connectivity index (χ1) is 15.2. The molecule has 6 nitrogen and oxygen atoms in total. The molecule has 0 radical (unpaired) electrons. The number of ether oxygens (including phenoxy) is 2. The van der Waals surface area contributed by atoms with Crippen molar-refractivity contribution in [2.24, 2.45) is 0 Å². The Morgan fingerprint density at radius 3 is 2.18 bits per heavy atom. The fraction of sp³-hybridized carbons (Fsp3) is 0.455. The van der Waals surface area contributed by atoms with E-state index in [0.717, 1.165) is 5.56 Å². The molecule has 0 bridgehead atoms. The Morgan fingerprint density at radius 2 is 1.73 bits per heavy atom. The molecule has 0 aliphatic carbocycles. The highest BCUT2D eigenvalue weighted by Crippen LogP contribution is 2.51. The molecule has 2 aromatic carbocycles. The summed E-state index contributed by atoms with van der Waals surface area (Å²) in [4.78, 5) is 18.5. The van der Waals surface area contributed by atoms with Crippen LogP contribution in [0.2, 0.25) is 0 Å². The number of hydrogen-bond donors (Lipinski definition) is 3. The first-order valence-electron chi connectivity index (χ1n) is 10.3. The van der Waals surface area contributed by atoms with E-state index in [1.807, 2.05) is 13.8 Å². The highest BCUT2D eigenvalue weighted by Gasteiger charge is 2.41. The lowest BCUT2D eigenvalue weighted by Crippen LogP contribution is -2.17. The van der Waals surface area contributed by atoms with Crippen molar-refractivity contribution < 1.29 is 37.0 Å². The summed E-state index contributed by atoms with van der Waals surface area (Å²) >= 11 is 3.26. The van der Waals surface area contributed by atoms with E-state index >= 15 is 0 Å². The van der Waals surface area contributed by atoms with Crippen molar-refractivity contribution in [2.45, 2.75) is 52.6 Å². The van der Waals surface area contributed by atoms with E-state index in [2.05, 4.69) is 21.2 Å². The molecular formula is C22H28BrF3NO5P. The van der Waals surface area contributed by atoms with E-state index in [9.17, 15) is 27.5 Å². The predicted octanol–water partition coefficient (Wildman–Crippen LogP) is 7.06. The van der Waals surface area contributed by atoms with Crippen LogP contribution in [0.3, 0.4) is 0 Å². The predicted molar refractivity (Wildman–Crippen MR) is 126 cm³/mol. The second-order valence-corrected chi connectivity index (χ2v) is 10.2. The fourth-order valence-corrected chi connectivity index (χ4v) is 4.64. The van der Waals surface area contributed by atoms with Crippen molar-refractivity contribution in [3.63, 3.8) is 0 Å². The number of hydrogen-bond acceptors (Lipinski definition) is 4. The van der Waals surface area contributed by atoms with E-state index in [-0.39, 0.29) is 40.2 Å². The maximum atomic E-state index is 14.3. The van der Waals surface area contributed by atoms with Gasteiger partial charge >= 0.3 is 13.8 Å². The van der Waals surface area contributed by atoms with E-state index in [1.165, 1.54) is 7.11 Å². The van der Waals surface area contributed by atoms with Crippen LogP contribution in [0.5, 0.6) is 17.2 Å². The zero-order valence-electron chi connectivity index (χ0n) is 19.0. The topological polar surface area (TPSA) is 88.0 Å². The van der Waals surface area contributed by atoms with Gasteiger partial charge in [-0.25, -0.2) is 0 Å². The van der Waals surface area contributed by atoms with Crippen LogP contribution in [-0.4, -0.2) is 23.2 Å². The minimum Gasteiger partial charge on any atom is -0.493 e. The Kier molecular flexibility index (Phi) is 8.90. The molecule has 0 aromatic heterocycles. The lowest BCUT2D eigenvalue weighted by Gasteiger charge is -2.26. The summed E-state index contributed by atoms with van der Waals surface area (Å²) in [6, 6.07) is 5.05. The van der Waals surface area contributed by atoms with Crippen LogP contribution in [0.1, 0.15) is 55.9 Å². The van der Waals surface area contributed by atoms with E-state index < -0.39 is 31.4 Å². The maximum absolute atomic E-state index is 14.3. The van der Waals surface area contributed by atoms with E-state index in [0.29, 0.717) is 11.3 Å². The van der Waals surface area contributed by atoms with Gasteiger partial charge in [-0.15, -0.1) is 0 Å². The van der Waals surface area contributed by atoms with Crippen LogP contribution >= 0.6 is 23.5 Å². The molecule has 0 saturated carbocycles. The highest BCUT2D eigenvalue weighted by atomic mass is 79.9. The lowest BCUT2D eigenvalue weighted by molar-refractivity contribution is -0.139. The Balaban J connectivity index is 2.79. The van der Waals surface area contributed by atoms with Gasteiger partial charge in [0.05, 0.1) is 11.6 Å². The summed E-state index contributed by atoms with van der Waals surface area (Å²) in [6.07, 6.45) is -5.34. The number of benzene rings is 2. The zero-order chi connectivity index (χ0) is 25.1. The Hall–Kier alpha value is -1.74. The van der Waals surface area contributed by atoms with Gasteiger partial charge in [-0.3, -0.25) is 4.57 Å². The summed E-state index contributed by atoms with van der Waals surface area (Å²) in [5.74, 6) is 0.172.